The Morgan fingerprint density at radius 2 is 1.88 bits per heavy atom. The number of hydrogen-bond acceptors (Lipinski definition) is 3. The van der Waals surface area contributed by atoms with Gasteiger partial charge in [0.05, 0.1) is 13.2 Å². The number of halogens is 1. The molecule has 0 heterocycles. The molecule has 128 valence electrons. The van der Waals surface area contributed by atoms with Crippen LogP contribution in [0.4, 0.5) is 11.4 Å². The summed E-state index contributed by atoms with van der Waals surface area (Å²) < 4.78 is 5.70. The number of benzene rings is 2. The molecule has 24 heavy (non-hydrogen) atoms. The first kappa shape index (κ1) is 18.1. The molecular formula is C19H23ClN2O2. The van der Waals surface area contributed by atoms with Gasteiger partial charge in [0.2, 0.25) is 5.91 Å². The van der Waals surface area contributed by atoms with Gasteiger partial charge in [-0.1, -0.05) is 31.5 Å². The van der Waals surface area contributed by atoms with Gasteiger partial charge in [-0.25, -0.2) is 0 Å². The maximum Gasteiger partial charge on any atom is 0.243 e. The molecule has 0 saturated carbocycles. The number of hydrogen-bond donors (Lipinski definition) is 2. The molecule has 0 aliphatic rings. The van der Waals surface area contributed by atoms with Crippen LogP contribution < -0.4 is 15.4 Å². The van der Waals surface area contributed by atoms with E-state index in [0.717, 1.165) is 23.5 Å². The average molecular weight is 347 g/mol. The van der Waals surface area contributed by atoms with Crippen molar-refractivity contribution in [1.82, 2.24) is 0 Å². The van der Waals surface area contributed by atoms with E-state index < -0.39 is 0 Å². The van der Waals surface area contributed by atoms with Gasteiger partial charge in [0.15, 0.2) is 0 Å². The molecule has 0 saturated heterocycles. The molecule has 1 amide bonds. The molecule has 0 spiro atoms. The van der Waals surface area contributed by atoms with E-state index in [1.807, 2.05) is 36.4 Å². The largest absolute Gasteiger partial charge is 0.494 e. The lowest BCUT2D eigenvalue weighted by Gasteiger charge is -2.11. The highest BCUT2D eigenvalue weighted by molar-refractivity contribution is 6.30. The van der Waals surface area contributed by atoms with Crippen LogP contribution >= 0.6 is 11.6 Å². The maximum atomic E-state index is 12.0. The van der Waals surface area contributed by atoms with Gasteiger partial charge < -0.3 is 15.4 Å². The van der Waals surface area contributed by atoms with Crippen LogP contribution in [0, 0.1) is 5.92 Å². The fourth-order valence-corrected chi connectivity index (χ4v) is 2.16. The molecule has 0 bridgehead atoms. The third-order valence-corrected chi connectivity index (χ3v) is 3.63. The summed E-state index contributed by atoms with van der Waals surface area (Å²) >= 11 is 5.83. The number of anilines is 2. The van der Waals surface area contributed by atoms with Crippen LogP contribution in [0.2, 0.25) is 5.02 Å². The zero-order chi connectivity index (χ0) is 17.4. The molecule has 0 fully saturated rings. The topological polar surface area (TPSA) is 50.4 Å². The predicted molar refractivity (Wildman–Crippen MR) is 100.0 cm³/mol. The second-order valence-corrected chi connectivity index (χ2v) is 6.40. The van der Waals surface area contributed by atoms with Crippen molar-refractivity contribution in [2.75, 3.05) is 23.8 Å². The SMILES string of the molecule is CC(C)CCOc1cccc(NC(=O)CNc2ccc(Cl)cc2)c1. The molecule has 0 aliphatic carbocycles. The Morgan fingerprint density at radius 3 is 2.58 bits per heavy atom. The number of nitrogens with one attached hydrogen (secondary N) is 2. The zero-order valence-electron chi connectivity index (χ0n) is 14.0. The van der Waals surface area contributed by atoms with Crippen molar-refractivity contribution in [2.24, 2.45) is 5.92 Å². The van der Waals surface area contributed by atoms with E-state index in [-0.39, 0.29) is 12.5 Å². The minimum absolute atomic E-state index is 0.121. The quantitative estimate of drug-likeness (QED) is 0.720. The lowest BCUT2D eigenvalue weighted by Crippen LogP contribution is -2.21. The summed E-state index contributed by atoms with van der Waals surface area (Å²) in [6.07, 6.45) is 1.00. The third kappa shape index (κ3) is 6.50. The smallest absolute Gasteiger partial charge is 0.243 e. The lowest BCUT2D eigenvalue weighted by molar-refractivity contribution is -0.114. The van der Waals surface area contributed by atoms with Gasteiger partial charge in [-0.3, -0.25) is 4.79 Å². The number of rotatable bonds is 8. The van der Waals surface area contributed by atoms with E-state index in [1.165, 1.54) is 0 Å². The summed E-state index contributed by atoms with van der Waals surface area (Å²) in [4.78, 5) is 12.0. The van der Waals surface area contributed by atoms with Crippen LogP contribution in [0.15, 0.2) is 48.5 Å². The summed E-state index contributed by atoms with van der Waals surface area (Å²) in [5.41, 5.74) is 1.57. The second-order valence-electron chi connectivity index (χ2n) is 5.97. The van der Waals surface area contributed by atoms with Crippen molar-refractivity contribution in [3.8, 4) is 5.75 Å². The summed E-state index contributed by atoms with van der Waals surface area (Å²) in [6, 6.07) is 14.7. The number of amides is 1. The van der Waals surface area contributed by atoms with Crippen molar-refractivity contribution in [1.29, 1.82) is 0 Å². The highest BCUT2D eigenvalue weighted by Crippen LogP contribution is 2.18. The second kappa shape index (κ2) is 9.18. The minimum Gasteiger partial charge on any atom is -0.494 e. The van der Waals surface area contributed by atoms with Crippen LogP contribution in [0.3, 0.4) is 0 Å². The summed E-state index contributed by atoms with van der Waals surface area (Å²) in [5, 5.41) is 6.57. The Balaban J connectivity index is 1.81. The minimum atomic E-state index is -0.121. The van der Waals surface area contributed by atoms with E-state index in [2.05, 4.69) is 24.5 Å². The Morgan fingerprint density at radius 1 is 1.12 bits per heavy atom. The van der Waals surface area contributed by atoms with Crippen molar-refractivity contribution in [3.63, 3.8) is 0 Å². The van der Waals surface area contributed by atoms with Gasteiger partial charge in [-0.05, 0) is 48.7 Å². The molecule has 0 aliphatic heterocycles. The van der Waals surface area contributed by atoms with Gasteiger partial charge in [-0.2, -0.15) is 0 Å². The van der Waals surface area contributed by atoms with Crippen LogP contribution in [-0.4, -0.2) is 19.1 Å². The molecule has 0 aromatic heterocycles. The first-order chi connectivity index (χ1) is 11.5. The number of carbonyl (C=O) groups is 1. The molecule has 2 aromatic carbocycles. The summed E-state index contributed by atoms with van der Waals surface area (Å²) in [5.74, 6) is 1.25. The van der Waals surface area contributed by atoms with E-state index in [4.69, 9.17) is 16.3 Å². The van der Waals surface area contributed by atoms with Crippen LogP contribution in [0.1, 0.15) is 20.3 Å². The van der Waals surface area contributed by atoms with E-state index >= 15 is 0 Å². The summed E-state index contributed by atoms with van der Waals surface area (Å²) in [6.45, 7) is 5.18. The third-order valence-electron chi connectivity index (χ3n) is 3.38. The van der Waals surface area contributed by atoms with Crippen molar-refractivity contribution < 1.29 is 9.53 Å². The first-order valence-electron chi connectivity index (χ1n) is 8.05. The molecule has 2 rings (SSSR count). The van der Waals surface area contributed by atoms with Crippen LogP contribution in [-0.2, 0) is 4.79 Å². The first-order valence-corrected chi connectivity index (χ1v) is 8.43. The zero-order valence-corrected chi connectivity index (χ0v) is 14.8. The van der Waals surface area contributed by atoms with E-state index in [0.29, 0.717) is 17.5 Å². The highest BCUT2D eigenvalue weighted by Gasteiger charge is 2.04. The molecule has 0 radical (unpaired) electrons. The van der Waals surface area contributed by atoms with Crippen molar-refractivity contribution in [2.45, 2.75) is 20.3 Å². The molecule has 0 unspecified atom stereocenters. The van der Waals surface area contributed by atoms with Gasteiger partial charge in [0.25, 0.3) is 0 Å². The molecule has 4 nitrogen and oxygen atoms in total. The Kier molecular flexibility index (Phi) is 6.94. The van der Waals surface area contributed by atoms with Crippen molar-refractivity contribution in [3.05, 3.63) is 53.6 Å². The van der Waals surface area contributed by atoms with Crippen LogP contribution in [0.25, 0.3) is 0 Å². The summed E-state index contributed by atoms with van der Waals surface area (Å²) in [7, 11) is 0. The lowest BCUT2D eigenvalue weighted by atomic mass is 10.1. The molecule has 2 aromatic rings. The molecule has 0 atom stereocenters. The fraction of sp³-hybridized carbons (Fsp3) is 0.316. The standard InChI is InChI=1S/C19H23ClN2O2/c1-14(2)10-11-24-18-5-3-4-17(12-18)22-19(23)13-21-16-8-6-15(20)7-9-16/h3-9,12,14,21H,10-11,13H2,1-2H3,(H,22,23). The monoisotopic (exact) mass is 346 g/mol. The Bertz CT molecular complexity index is 657. The van der Waals surface area contributed by atoms with Crippen molar-refractivity contribution >= 4 is 28.9 Å². The predicted octanol–water partition coefficient (Wildman–Crippen LogP) is 4.82. The van der Waals surface area contributed by atoms with E-state index in [1.54, 1.807) is 12.1 Å². The molecule has 2 N–H and O–H groups in total. The normalized spacial score (nSPS) is 10.5. The van der Waals surface area contributed by atoms with Gasteiger partial charge in [-0.15, -0.1) is 0 Å². The van der Waals surface area contributed by atoms with Gasteiger partial charge in [0, 0.05) is 22.5 Å². The fourth-order valence-electron chi connectivity index (χ4n) is 2.03. The highest BCUT2D eigenvalue weighted by atomic mass is 35.5. The maximum absolute atomic E-state index is 12.0. The molecular weight excluding hydrogens is 324 g/mol. The Labute approximate surface area is 148 Å². The number of ether oxygens (including phenoxy) is 1. The Hall–Kier alpha value is -2.20. The van der Waals surface area contributed by atoms with E-state index in [9.17, 15) is 4.79 Å². The van der Waals surface area contributed by atoms with Gasteiger partial charge in [0.1, 0.15) is 5.75 Å². The van der Waals surface area contributed by atoms with Gasteiger partial charge >= 0.3 is 0 Å². The number of carbonyl (C=O) groups excluding carboxylic acids is 1. The van der Waals surface area contributed by atoms with Crippen LogP contribution in [0.5, 0.6) is 5.75 Å². The molecule has 5 heteroatoms. The average Bonchev–Trinajstić information content (AvgIpc) is 2.54.